The van der Waals surface area contributed by atoms with Crippen LogP contribution in [-0.4, -0.2) is 29.3 Å². The fraction of sp³-hybridized carbons (Fsp3) is 0.556. The Balaban J connectivity index is 1.53. The third-order valence-corrected chi connectivity index (χ3v) is 7.39. The first-order valence-corrected chi connectivity index (χ1v) is 11.9. The Labute approximate surface area is 190 Å². The van der Waals surface area contributed by atoms with Crippen molar-refractivity contribution in [3.05, 3.63) is 58.9 Å². The zero-order chi connectivity index (χ0) is 22.8. The summed E-state index contributed by atoms with van der Waals surface area (Å²) in [5, 5.41) is 9.95. The molecule has 5 nitrogen and oxygen atoms in total. The predicted molar refractivity (Wildman–Crippen MR) is 122 cm³/mol. The first-order chi connectivity index (χ1) is 15.3. The maximum absolute atomic E-state index is 12.9. The Morgan fingerprint density at radius 1 is 1.19 bits per heavy atom. The monoisotopic (exact) mass is 438 g/mol. The van der Waals surface area contributed by atoms with Crippen molar-refractivity contribution in [1.29, 1.82) is 0 Å². The van der Waals surface area contributed by atoms with Gasteiger partial charge in [0.1, 0.15) is 11.9 Å². The summed E-state index contributed by atoms with van der Waals surface area (Å²) in [6.45, 7) is 6.28. The molecule has 0 bridgehead atoms. The van der Waals surface area contributed by atoms with Crippen molar-refractivity contribution in [2.24, 2.45) is 23.7 Å². The second-order valence-electron chi connectivity index (χ2n) is 9.81. The minimum atomic E-state index is -0.610. The van der Waals surface area contributed by atoms with Gasteiger partial charge in [0.2, 0.25) is 0 Å². The Bertz CT molecular complexity index is 930. The quantitative estimate of drug-likeness (QED) is 0.646. The van der Waals surface area contributed by atoms with Crippen molar-refractivity contribution in [2.45, 2.75) is 71.5 Å². The Hall–Kier alpha value is -2.40. The molecule has 4 rings (SSSR count). The molecule has 0 spiro atoms. The lowest BCUT2D eigenvalue weighted by Crippen LogP contribution is -2.36. The predicted octanol–water partition coefficient (Wildman–Crippen LogP) is 5.12. The van der Waals surface area contributed by atoms with E-state index in [1.54, 1.807) is 6.07 Å². The summed E-state index contributed by atoms with van der Waals surface area (Å²) in [5.74, 6) is 1.41. The van der Waals surface area contributed by atoms with Crippen LogP contribution in [0.15, 0.2) is 47.7 Å². The molecule has 1 heterocycles. The van der Waals surface area contributed by atoms with Gasteiger partial charge in [-0.15, -0.1) is 0 Å². The molecule has 0 amide bonds. The average molecular weight is 439 g/mol. The average Bonchev–Trinajstić information content (AvgIpc) is 2.73. The Morgan fingerprint density at radius 3 is 2.72 bits per heavy atom. The number of allylic oxidation sites excluding steroid dienone is 4. The van der Waals surface area contributed by atoms with E-state index in [0.29, 0.717) is 29.7 Å². The van der Waals surface area contributed by atoms with Crippen molar-refractivity contribution >= 4 is 11.9 Å². The van der Waals surface area contributed by atoms with Crippen LogP contribution in [0.2, 0.25) is 0 Å². The van der Waals surface area contributed by atoms with Crippen LogP contribution in [0, 0.1) is 30.6 Å². The van der Waals surface area contributed by atoms with Crippen LogP contribution >= 0.6 is 0 Å². The fourth-order valence-corrected chi connectivity index (χ4v) is 5.57. The van der Waals surface area contributed by atoms with Gasteiger partial charge in [0, 0.05) is 12.3 Å². The summed E-state index contributed by atoms with van der Waals surface area (Å²) < 4.78 is 11.5. The number of benzene rings is 1. The molecule has 1 saturated heterocycles. The summed E-state index contributed by atoms with van der Waals surface area (Å²) >= 11 is 0. The van der Waals surface area contributed by atoms with Crippen molar-refractivity contribution < 1.29 is 24.2 Å². The zero-order valence-corrected chi connectivity index (χ0v) is 19.3. The third kappa shape index (κ3) is 4.98. The molecule has 1 aromatic rings. The number of aliphatic hydroxyl groups is 1. The number of hydrogen-bond donors (Lipinski definition) is 1. The van der Waals surface area contributed by atoms with Gasteiger partial charge in [-0.1, -0.05) is 38.1 Å². The Morgan fingerprint density at radius 2 is 1.97 bits per heavy atom. The van der Waals surface area contributed by atoms with Crippen molar-refractivity contribution in [3.63, 3.8) is 0 Å². The van der Waals surface area contributed by atoms with Gasteiger partial charge in [0.05, 0.1) is 18.1 Å². The second-order valence-corrected chi connectivity index (χ2v) is 9.81. The molecule has 0 radical (unpaired) electrons. The highest BCUT2D eigenvalue weighted by Crippen LogP contribution is 2.46. The topological polar surface area (TPSA) is 72.8 Å². The summed E-state index contributed by atoms with van der Waals surface area (Å²) in [6.07, 6.45) is 8.00. The molecule has 0 unspecified atom stereocenters. The normalized spacial score (nSPS) is 32.3. The molecule has 5 heteroatoms. The van der Waals surface area contributed by atoms with E-state index < -0.39 is 6.10 Å². The SMILES string of the molecule is Cc1ccccc1C(=O)OC1=CC2=C[C@H](C)CC[C@@H]2[C@H](CC[C@@H]2C[C@@H](O)CC(=O)O2)[C@@H]1C. The highest BCUT2D eigenvalue weighted by Gasteiger charge is 2.39. The van der Waals surface area contributed by atoms with Gasteiger partial charge < -0.3 is 14.6 Å². The minimum absolute atomic E-state index is 0.0859. The highest BCUT2D eigenvalue weighted by atomic mass is 16.5. The van der Waals surface area contributed by atoms with E-state index in [-0.39, 0.29) is 30.4 Å². The van der Waals surface area contributed by atoms with Gasteiger partial charge in [0.15, 0.2) is 0 Å². The Kier molecular flexibility index (Phi) is 6.85. The van der Waals surface area contributed by atoms with E-state index in [1.807, 2.05) is 25.1 Å². The van der Waals surface area contributed by atoms with E-state index in [1.165, 1.54) is 5.57 Å². The molecule has 0 saturated carbocycles. The molecule has 172 valence electrons. The number of aryl methyl sites for hydroxylation is 1. The lowest BCUT2D eigenvalue weighted by atomic mass is 9.66. The molecule has 0 aromatic heterocycles. The van der Waals surface area contributed by atoms with Gasteiger partial charge in [-0.25, -0.2) is 4.79 Å². The smallest absolute Gasteiger partial charge is 0.343 e. The van der Waals surface area contributed by atoms with E-state index in [4.69, 9.17) is 9.47 Å². The largest absolute Gasteiger partial charge is 0.462 e. The van der Waals surface area contributed by atoms with Crippen LogP contribution in [0.4, 0.5) is 0 Å². The summed E-state index contributed by atoms with van der Waals surface area (Å²) in [7, 11) is 0. The minimum Gasteiger partial charge on any atom is -0.462 e. The van der Waals surface area contributed by atoms with Crippen molar-refractivity contribution in [1.82, 2.24) is 0 Å². The van der Waals surface area contributed by atoms with E-state index in [2.05, 4.69) is 26.0 Å². The lowest BCUT2D eigenvalue weighted by Gasteiger charge is -2.41. The maximum Gasteiger partial charge on any atom is 0.343 e. The first kappa shape index (κ1) is 22.8. The van der Waals surface area contributed by atoms with E-state index >= 15 is 0 Å². The molecule has 3 aliphatic rings. The molecule has 2 aliphatic carbocycles. The number of ether oxygens (including phenoxy) is 2. The van der Waals surface area contributed by atoms with Gasteiger partial charge in [-0.3, -0.25) is 4.79 Å². The highest BCUT2D eigenvalue weighted by molar-refractivity contribution is 5.91. The molecule has 1 fully saturated rings. The summed E-state index contributed by atoms with van der Waals surface area (Å²) in [5.41, 5.74) is 2.76. The zero-order valence-electron chi connectivity index (χ0n) is 19.3. The molecule has 6 atom stereocenters. The van der Waals surface area contributed by atoms with Gasteiger partial charge in [-0.2, -0.15) is 0 Å². The van der Waals surface area contributed by atoms with Crippen molar-refractivity contribution in [2.75, 3.05) is 0 Å². The van der Waals surface area contributed by atoms with Crippen molar-refractivity contribution in [3.8, 4) is 0 Å². The summed E-state index contributed by atoms with van der Waals surface area (Å²) in [4.78, 5) is 24.7. The van der Waals surface area contributed by atoms with Gasteiger partial charge in [0.25, 0.3) is 0 Å². The van der Waals surface area contributed by atoms with E-state index in [9.17, 15) is 14.7 Å². The van der Waals surface area contributed by atoms with Crippen LogP contribution in [0.5, 0.6) is 0 Å². The number of carbonyl (C=O) groups excluding carboxylic acids is 2. The molecule has 32 heavy (non-hydrogen) atoms. The van der Waals surface area contributed by atoms with Gasteiger partial charge >= 0.3 is 11.9 Å². The maximum atomic E-state index is 12.9. The molecular weight excluding hydrogens is 404 g/mol. The lowest BCUT2D eigenvalue weighted by molar-refractivity contribution is -0.160. The molecule has 1 aliphatic heterocycles. The van der Waals surface area contributed by atoms with Crippen LogP contribution < -0.4 is 0 Å². The first-order valence-electron chi connectivity index (χ1n) is 11.9. The standard InChI is InChI=1S/C27H34O5/c1-16-8-10-24-19(12-16)13-25(32-27(30)22-7-5-4-6-17(22)2)18(3)23(24)11-9-21-14-20(28)15-26(29)31-21/h4-7,12-13,16,18,20-21,23-24,28H,8-11,14-15H2,1-3H3/t16-,18+,20-,21-,23-,24+/m1/s1. The van der Waals surface area contributed by atoms with Gasteiger partial charge in [-0.05, 0) is 73.6 Å². The number of rotatable bonds is 5. The molecular formula is C27H34O5. The fourth-order valence-electron chi connectivity index (χ4n) is 5.57. The number of carbonyl (C=O) groups is 2. The van der Waals surface area contributed by atoms with Crippen LogP contribution in [0.3, 0.4) is 0 Å². The number of esters is 2. The van der Waals surface area contributed by atoms with E-state index in [0.717, 1.165) is 37.0 Å². The summed E-state index contributed by atoms with van der Waals surface area (Å²) in [6, 6.07) is 7.49. The number of hydrogen-bond acceptors (Lipinski definition) is 5. The number of cyclic esters (lactones) is 1. The number of aliphatic hydroxyl groups excluding tert-OH is 1. The van der Waals surface area contributed by atoms with Crippen LogP contribution in [-0.2, 0) is 14.3 Å². The number of fused-ring (bicyclic) bond motifs is 1. The van der Waals surface area contributed by atoms with Crippen LogP contribution in [0.25, 0.3) is 0 Å². The molecule has 1 aromatic carbocycles. The third-order valence-electron chi connectivity index (χ3n) is 7.39. The molecule has 1 N–H and O–H groups in total. The second kappa shape index (κ2) is 9.62. The van der Waals surface area contributed by atoms with Crippen LogP contribution in [0.1, 0.15) is 68.3 Å².